The van der Waals surface area contributed by atoms with Crippen LogP contribution in [0.1, 0.15) is 62.2 Å². The highest BCUT2D eigenvalue weighted by Crippen LogP contribution is 2.31. The lowest BCUT2D eigenvalue weighted by molar-refractivity contribution is -0.141. The van der Waals surface area contributed by atoms with E-state index < -0.39 is 40.0 Å². The highest BCUT2D eigenvalue weighted by Gasteiger charge is 2.28. The van der Waals surface area contributed by atoms with Gasteiger partial charge in [-0.05, 0) is 37.8 Å². The fourth-order valence-corrected chi connectivity index (χ4v) is 7.45. The fourth-order valence-electron chi connectivity index (χ4n) is 5.12. The van der Waals surface area contributed by atoms with Gasteiger partial charge in [0.15, 0.2) is 11.4 Å². The minimum absolute atomic E-state index is 0.0909. The van der Waals surface area contributed by atoms with Gasteiger partial charge in [0.25, 0.3) is 5.91 Å². The SMILES string of the molecule is CCC(CC)C(=O)Oc1c(OC)ccnc1C(=O)N[C@@H](C)C(=O)OC(C)=C(c1ccc([Si](C)(C)C)cc1)c1ccc([Si](C)(C)C)cc1. The van der Waals surface area contributed by atoms with Gasteiger partial charge in [-0.15, -0.1) is 0 Å². The molecule has 1 N–H and O–H groups in total. The maximum Gasteiger partial charge on any atom is 0.333 e. The summed E-state index contributed by atoms with van der Waals surface area (Å²) < 4.78 is 16.9. The lowest BCUT2D eigenvalue weighted by atomic mass is 9.97. The van der Waals surface area contributed by atoms with Gasteiger partial charge in [-0.3, -0.25) is 9.59 Å². The molecule has 8 nitrogen and oxygen atoms in total. The molecule has 0 unspecified atom stereocenters. The normalized spacial score (nSPS) is 12.3. The van der Waals surface area contributed by atoms with Gasteiger partial charge in [-0.25, -0.2) is 9.78 Å². The lowest BCUT2D eigenvalue weighted by Gasteiger charge is -2.21. The summed E-state index contributed by atoms with van der Waals surface area (Å²) in [6, 6.07) is 17.4. The van der Waals surface area contributed by atoms with Crippen molar-refractivity contribution in [3.8, 4) is 11.5 Å². The molecule has 0 aliphatic heterocycles. The standard InChI is InChI=1S/C37H50N2O6Si2/c1-12-26(13-2)37(42)45-34-31(43-5)22-23-38-33(34)35(40)39-24(3)36(41)44-25(4)32(27-14-18-29(19-15-27)46(6,7)8)28-16-20-30(21-17-28)47(9,10)11/h14-24,26H,12-13H2,1-11H3,(H,39,40)/t24-/m0/s1. The number of hydrogen-bond donors (Lipinski definition) is 1. The number of carbonyl (C=O) groups excluding carboxylic acids is 3. The molecule has 0 aliphatic rings. The van der Waals surface area contributed by atoms with E-state index in [0.717, 1.165) is 16.7 Å². The van der Waals surface area contributed by atoms with Crippen molar-refractivity contribution in [2.75, 3.05) is 7.11 Å². The van der Waals surface area contributed by atoms with E-state index in [-0.39, 0.29) is 23.1 Å². The molecule has 3 aromatic rings. The highest BCUT2D eigenvalue weighted by atomic mass is 28.3. The first kappa shape index (κ1) is 37.4. The number of hydrogen-bond acceptors (Lipinski definition) is 7. The lowest BCUT2D eigenvalue weighted by Crippen LogP contribution is -2.40. The number of ether oxygens (including phenoxy) is 3. The second kappa shape index (κ2) is 15.7. The van der Waals surface area contributed by atoms with Gasteiger partial charge < -0.3 is 19.5 Å². The minimum Gasteiger partial charge on any atom is -0.493 e. The van der Waals surface area contributed by atoms with Crippen LogP contribution in [0.3, 0.4) is 0 Å². The zero-order chi connectivity index (χ0) is 35.1. The van der Waals surface area contributed by atoms with Crippen molar-refractivity contribution < 1.29 is 28.6 Å². The number of amides is 1. The Bertz CT molecular complexity index is 1540. The van der Waals surface area contributed by atoms with Crippen molar-refractivity contribution in [3.63, 3.8) is 0 Å². The molecule has 10 heteroatoms. The van der Waals surface area contributed by atoms with Gasteiger partial charge in [0.1, 0.15) is 11.8 Å². The third kappa shape index (κ3) is 9.51. The van der Waals surface area contributed by atoms with Crippen LogP contribution in [0.5, 0.6) is 11.5 Å². The first-order chi connectivity index (χ1) is 22.0. The van der Waals surface area contributed by atoms with E-state index in [0.29, 0.717) is 18.6 Å². The second-order valence-corrected chi connectivity index (χ2v) is 24.0. The van der Waals surface area contributed by atoms with Crippen LogP contribution in [0.2, 0.25) is 39.3 Å². The Labute approximate surface area is 282 Å². The molecule has 0 saturated heterocycles. The number of nitrogens with one attached hydrogen (secondary N) is 1. The molecule has 1 atom stereocenters. The van der Waals surface area contributed by atoms with Crippen LogP contribution in [0.4, 0.5) is 0 Å². The van der Waals surface area contributed by atoms with Crippen molar-refractivity contribution in [2.24, 2.45) is 5.92 Å². The van der Waals surface area contributed by atoms with E-state index in [9.17, 15) is 14.4 Å². The van der Waals surface area contributed by atoms with E-state index >= 15 is 0 Å². The molecule has 47 heavy (non-hydrogen) atoms. The molecule has 252 valence electrons. The number of benzene rings is 2. The van der Waals surface area contributed by atoms with Crippen LogP contribution in [0.15, 0.2) is 66.6 Å². The topological polar surface area (TPSA) is 104 Å². The predicted molar refractivity (Wildman–Crippen MR) is 194 cm³/mol. The molecule has 0 radical (unpaired) electrons. The van der Waals surface area contributed by atoms with E-state index in [2.05, 4.69) is 98.1 Å². The summed E-state index contributed by atoms with van der Waals surface area (Å²) >= 11 is 0. The maximum atomic E-state index is 13.4. The minimum atomic E-state index is -1.52. The van der Waals surface area contributed by atoms with Crippen molar-refractivity contribution in [1.29, 1.82) is 0 Å². The molecule has 0 bridgehead atoms. The molecule has 1 heterocycles. The van der Waals surface area contributed by atoms with E-state index in [1.54, 1.807) is 6.92 Å². The Balaban J connectivity index is 1.93. The van der Waals surface area contributed by atoms with E-state index in [1.807, 2.05) is 13.8 Å². The third-order valence-electron chi connectivity index (χ3n) is 8.21. The van der Waals surface area contributed by atoms with Crippen LogP contribution in [0, 0.1) is 5.92 Å². The van der Waals surface area contributed by atoms with Crippen molar-refractivity contribution >= 4 is 49.9 Å². The number of allylic oxidation sites excluding steroid dienone is 1. The Morgan fingerprint density at radius 2 is 1.28 bits per heavy atom. The molecule has 1 amide bonds. The molecular formula is C37H50N2O6Si2. The molecule has 3 rings (SSSR count). The average molecular weight is 675 g/mol. The number of carbonyl (C=O) groups is 3. The average Bonchev–Trinajstić information content (AvgIpc) is 3.01. The van der Waals surface area contributed by atoms with Crippen LogP contribution >= 0.6 is 0 Å². The zero-order valence-corrected chi connectivity index (χ0v) is 31.7. The maximum absolute atomic E-state index is 13.4. The predicted octanol–water partition coefficient (Wildman–Crippen LogP) is 6.66. The number of methoxy groups -OCH3 is 1. The summed E-state index contributed by atoms with van der Waals surface area (Å²) in [7, 11) is -1.62. The Kier molecular flexibility index (Phi) is 12.5. The largest absolute Gasteiger partial charge is 0.493 e. The number of pyridine rings is 1. The number of aromatic nitrogens is 1. The quantitative estimate of drug-likeness (QED) is 0.123. The molecule has 0 fully saturated rings. The Morgan fingerprint density at radius 3 is 1.70 bits per heavy atom. The van der Waals surface area contributed by atoms with Crippen LogP contribution in [-0.2, 0) is 14.3 Å². The summed E-state index contributed by atoms with van der Waals surface area (Å²) in [5.74, 6) is -1.66. The van der Waals surface area contributed by atoms with Gasteiger partial charge in [-0.2, -0.15) is 0 Å². The smallest absolute Gasteiger partial charge is 0.333 e. The van der Waals surface area contributed by atoms with Gasteiger partial charge >= 0.3 is 11.9 Å². The summed E-state index contributed by atoms with van der Waals surface area (Å²) in [4.78, 5) is 43.8. The number of esters is 2. The van der Waals surface area contributed by atoms with Gasteiger partial charge in [0, 0.05) is 17.8 Å². The van der Waals surface area contributed by atoms with Crippen LogP contribution < -0.4 is 25.2 Å². The molecule has 0 spiro atoms. The van der Waals surface area contributed by atoms with Gasteiger partial charge in [0.2, 0.25) is 5.75 Å². The fraction of sp³-hybridized carbons (Fsp3) is 0.405. The Hall–Kier alpha value is -4.03. The van der Waals surface area contributed by atoms with Crippen LogP contribution in [-0.4, -0.2) is 52.1 Å². The van der Waals surface area contributed by atoms with Gasteiger partial charge in [0.05, 0.1) is 29.2 Å². The molecular weight excluding hydrogens is 625 g/mol. The van der Waals surface area contributed by atoms with Crippen LogP contribution in [0.25, 0.3) is 5.57 Å². The molecule has 2 aromatic carbocycles. The van der Waals surface area contributed by atoms with Crippen molar-refractivity contribution in [3.05, 3.63) is 83.4 Å². The summed E-state index contributed by atoms with van der Waals surface area (Å²) in [6.07, 6.45) is 2.55. The number of rotatable bonds is 13. The zero-order valence-electron chi connectivity index (χ0n) is 29.7. The van der Waals surface area contributed by atoms with E-state index in [1.165, 1.54) is 36.7 Å². The van der Waals surface area contributed by atoms with Gasteiger partial charge in [-0.1, -0.05) is 112 Å². The monoisotopic (exact) mass is 674 g/mol. The highest BCUT2D eigenvalue weighted by molar-refractivity contribution is 6.89. The van der Waals surface area contributed by atoms with Crippen molar-refractivity contribution in [1.82, 2.24) is 10.3 Å². The molecule has 0 saturated carbocycles. The molecule has 0 aliphatic carbocycles. The summed E-state index contributed by atoms with van der Waals surface area (Å²) in [5, 5.41) is 5.31. The second-order valence-electron chi connectivity index (χ2n) is 13.8. The first-order valence-electron chi connectivity index (χ1n) is 16.2. The van der Waals surface area contributed by atoms with Crippen molar-refractivity contribution in [2.45, 2.75) is 85.9 Å². The first-order valence-corrected chi connectivity index (χ1v) is 23.2. The third-order valence-corrected chi connectivity index (χ3v) is 12.3. The summed E-state index contributed by atoms with van der Waals surface area (Å²) in [5.41, 5.74) is 2.49. The Morgan fingerprint density at radius 1 is 0.787 bits per heavy atom. The van der Waals surface area contributed by atoms with E-state index in [4.69, 9.17) is 14.2 Å². The summed E-state index contributed by atoms with van der Waals surface area (Å²) in [6.45, 7) is 20.9. The molecule has 1 aromatic heterocycles. The number of nitrogens with zero attached hydrogens (tertiary/aromatic N) is 1.